The van der Waals surface area contributed by atoms with Crippen molar-refractivity contribution >= 4 is 11.9 Å². The number of methoxy groups -OCH3 is 3. The van der Waals surface area contributed by atoms with Crippen LogP contribution in [-0.4, -0.2) is 52.6 Å². The number of carbonyl (C=O) groups is 1. The van der Waals surface area contributed by atoms with Gasteiger partial charge in [0, 0.05) is 33.0 Å². The maximum Gasteiger partial charge on any atom is 0.193 e. The van der Waals surface area contributed by atoms with Crippen LogP contribution < -0.4 is 14.2 Å². The molecule has 0 aromatic heterocycles. The zero-order valence-electron chi connectivity index (χ0n) is 23.1. The number of aromatic hydroxyl groups is 1. The predicted octanol–water partition coefficient (Wildman–Crippen LogP) is 6.53. The van der Waals surface area contributed by atoms with E-state index in [0.717, 1.165) is 24.8 Å². The molecule has 0 radical (unpaired) electrons. The first kappa shape index (κ1) is 31.1. The van der Waals surface area contributed by atoms with E-state index in [0.29, 0.717) is 23.5 Å². The highest BCUT2D eigenvalue weighted by molar-refractivity contribution is 6.11. The number of phenolic OH excluding ortho intramolecular Hbond substituents is 1. The fourth-order valence-corrected chi connectivity index (χ4v) is 3.95. The lowest BCUT2D eigenvalue weighted by atomic mass is 9.97. The molecule has 2 aromatic rings. The first-order valence-electron chi connectivity index (χ1n) is 13.1. The Morgan fingerprint density at radius 3 is 2.00 bits per heavy atom. The van der Waals surface area contributed by atoms with Gasteiger partial charge in [-0.2, -0.15) is 0 Å². The summed E-state index contributed by atoms with van der Waals surface area (Å²) >= 11 is 0. The van der Waals surface area contributed by atoms with Gasteiger partial charge in [0.1, 0.15) is 28.6 Å². The molecule has 38 heavy (non-hydrogen) atoms. The van der Waals surface area contributed by atoms with Crippen LogP contribution in [0.4, 0.5) is 0 Å². The van der Waals surface area contributed by atoms with E-state index in [1.54, 1.807) is 31.4 Å². The molecule has 210 valence electrons. The van der Waals surface area contributed by atoms with Crippen molar-refractivity contribution in [2.24, 2.45) is 0 Å². The van der Waals surface area contributed by atoms with Crippen molar-refractivity contribution in [3.05, 3.63) is 53.1 Å². The van der Waals surface area contributed by atoms with Gasteiger partial charge in [0.2, 0.25) is 0 Å². The van der Waals surface area contributed by atoms with Crippen LogP contribution in [-0.2, 0) is 20.6 Å². The van der Waals surface area contributed by atoms with E-state index >= 15 is 0 Å². The van der Waals surface area contributed by atoms with E-state index in [4.69, 9.17) is 28.4 Å². The van der Waals surface area contributed by atoms with Gasteiger partial charge in [0.05, 0.1) is 0 Å². The van der Waals surface area contributed by atoms with Gasteiger partial charge in [-0.3, -0.25) is 4.79 Å². The summed E-state index contributed by atoms with van der Waals surface area (Å²) in [6, 6.07) is 8.85. The van der Waals surface area contributed by atoms with E-state index < -0.39 is 5.78 Å². The third kappa shape index (κ3) is 10.4. The van der Waals surface area contributed by atoms with Gasteiger partial charge >= 0.3 is 0 Å². The first-order valence-corrected chi connectivity index (χ1v) is 13.1. The van der Waals surface area contributed by atoms with Gasteiger partial charge in [-0.1, -0.05) is 63.7 Å². The molecule has 8 heteroatoms. The summed E-state index contributed by atoms with van der Waals surface area (Å²) in [5, 5.41) is 11.3. The van der Waals surface area contributed by atoms with E-state index in [9.17, 15) is 9.90 Å². The maximum atomic E-state index is 13.3. The molecule has 0 unspecified atom stereocenters. The number of rotatable bonds is 20. The first-order chi connectivity index (χ1) is 18.5. The second kappa shape index (κ2) is 18.2. The highest BCUT2D eigenvalue weighted by Gasteiger charge is 2.24. The fourth-order valence-electron chi connectivity index (χ4n) is 3.95. The zero-order chi connectivity index (χ0) is 27.6. The Kier molecular flexibility index (Phi) is 14.9. The molecule has 0 atom stereocenters. The molecule has 2 rings (SSSR count). The Morgan fingerprint density at radius 1 is 0.789 bits per heavy atom. The molecule has 0 aliphatic rings. The minimum absolute atomic E-state index is 0.00443. The molecule has 2 aromatic carbocycles. The SMILES string of the molecule is CCCCCCCCCc1c(OCOC)cc(OCOC)c(C(=O)/C=C/c2ccc(OCOC)cc2)c1O. The number of benzene rings is 2. The Bertz CT molecular complexity index is 985. The van der Waals surface area contributed by atoms with E-state index in [2.05, 4.69) is 6.92 Å². The molecular formula is C30H42O8. The number of unbranched alkanes of at least 4 members (excludes halogenated alkanes) is 6. The summed E-state index contributed by atoms with van der Waals surface area (Å²) in [4.78, 5) is 13.3. The summed E-state index contributed by atoms with van der Waals surface area (Å²) in [6.45, 7) is 2.27. The predicted molar refractivity (Wildman–Crippen MR) is 147 cm³/mol. The van der Waals surface area contributed by atoms with Crippen LogP contribution in [0.3, 0.4) is 0 Å². The van der Waals surface area contributed by atoms with Crippen molar-refractivity contribution in [3.8, 4) is 23.0 Å². The van der Waals surface area contributed by atoms with Crippen molar-refractivity contribution in [1.29, 1.82) is 0 Å². The third-order valence-electron chi connectivity index (χ3n) is 5.92. The van der Waals surface area contributed by atoms with Crippen LogP contribution >= 0.6 is 0 Å². The van der Waals surface area contributed by atoms with Gasteiger partial charge < -0.3 is 33.5 Å². The average Bonchev–Trinajstić information content (AvgIpc) is 2.93. The number of ketones is 1. The van der Waals surface area contributed by atoms with Crippen LogP contribution in [0.1, 0.15) is 73.4 Å². The Morgan fingerprint density at radius 2 is 1.37 bits per heavy atom. The molecule has 0 saturated carbocycles. The molecule has 0 heterocycles. The number of carbonyl (C=O) groups excluding carboxylic acids is 1. The lowest BCUT2D eigenvalue weighted by Gasteiger charge is -2.18. The van der Waals surface area contributed by atoms with Crippen LogP contribution in [0.5, 0.6) is 23.0 Å². The second-order valence-electron chi connectivity index (χ2n) is 8.87. The largest absolute Gasteiger partial charge is 0.507 e. The van der Waals surface area contributed by atoms with Gasteiger partial charge in [-0.15, -0.1) is 0 Å². The van der Waals surface area contributed by atoms with Crippen LogP contribution in [0.15, 0.2) is 36.4 Å². The van der Waals surface area contributed by atoms with Gasteiger partial charge in [-0.05, 0) is 36.6 Å². The summed E-state index contributed by atoms with van der Waals surface area (Å²) in [6.07, 6.45) is 11.6. The zero-order valence-corrected chi connectivity index (χ0v) is 23.1. The number of phenols is 1. The molecular weight excluding hydrogens is 488 g/mol. The molecule has 0 aliphatic carbocycles. The van der Waals surface area contributed by atoms with Crippen LogP contribution in [0, 0.1) is 0 Å². The molecule has 0 bridgehead atoms. The number of allylic oxidation sites excluding steroid dienone is 1. The highest BCUT2D eigenvalue weighted by atomic mass is 16.7. The third-order valence-corrected chi connectivity index (χ3v) is 5.92. The van der Waals surface area contributed by atoms with Gasteiger partial charge in [-0.25, -0.2) is 0 Å². The number of hydrogen-bond donors (Lipinski definition) is 1. The summed E-state index contributed by atoms with van der Waals surface area (Å²) in [5.74, 6) is 0.719. The smallest absolute Gasteiger partial charge is 0.193 e. The normalized spacial score (nSPS) is 11.2. The van der Waals surface area contributed by atoms with E-state index in [-0.39, 0.29) is 37.4 Å². The standard InChI is InChI=1S/C30H42O8/c1-5-6-7-8-9-10-11-12-25-27(37-21-34-3)19-28(38-22-35-4)29(30(25)32)26(31)18-15-23-13-16-24(17-14-23)36-20-33-2/h13-19,32H,5-12,20-22H2,1-4H3/b18-15+. The van der Waals surface area contributed by atoms with Crippen LogP contribution in [0.2, 0.25) is 0 Å². The van der Waals surface area contributed by atoms with Gasteiger partial charge in [0.15, 0.2) is 26.2 Å². The van der Waals surface area contributed by atoms with Crippen molar-refractivity contribution in [1.82, 2.24) is 0 Å². The second-order valence-corrected chi connectivity index (χ2v) is 8.87. The van der Waals surface area contributed by atoms with Crippen molar-refractivity contribution < 1.29 is 38.3 Å². The lowest BCUT2D eigenvalue weighted by Crippen LogP contribution is -2.09. The molecule has 0 aliphatic heterocycles. The van der Waals surface area contributed by atoms with Crippen LogP contribution in [0.25, 0.3) is 6.08 Å². The molecule has 0 spiro atoms. The summed E-state index contributed by atoms with van der Waals surface area (Å²) in [7, 11) is 4.56. The lowest BCUT2D eigenvalue weighted by molar-refractivity contribution is 0.0448. The molecule has 0 amide bonds. The quantitative estimate of drug-likeness (QED) is 0.0894. The Balaban J connectivity index is 2.28. The Hall–Kier alpha value is -3.07. The summed E-state index contributed by atoms with van der Waals surface area (Å²) < 4.78 is 31.8. The van der Waals surface area contributed by atoms with Gasteiger partial charge in [0.25, 0.3) is 0 Å². The average molecular weight is 531 g/mol. The highest BCUT2D eigenvalue weighted by Crippen LogP contribution is 2.40. The fraction of sp³-hybridized carbons (Fsp3) is 0.500. The Labute approximate surface area is 226 Å². The van der Waals surface area contributed by atoms with Crippen molar-refractivity contribution in [2.45, 2.75) is 58.3 Å². The van der Waals surface area contributed by atoms with E-state index in [1.165, 1.54) is 46.0 Å². The molecule has 0 saturated heterocycles. The molecule has 8 nitrogen and oxygen atoms in total. The molecule has 1 N–H and O–H groups in total. The minimum atomic E-state index is -0.396. The summed E-state index contributed by atoms with van der Waals surface area (Å²) in [5.41, 5.74) is 1.43. The minimum Gasteiger partial charge on any atom is -0.507 e. The monoisotopic (exact) mass is 530 g/mol. The number of ether oxygens (including phenoxy) is 6. The van der Waals surface area contributed by atoms with Crippen molar-refractivity contribution in [2.75, 3.05) is 41.7 Å². The topological polar surface area (TPSA) is 92.7 Å². The van der Waals surface area contributed by atoms with E-state index in [1.807, 2.05) is 12.1 Å². The molecule has 0 fully saturated rings. The van der Waals surface area contributed by atoms with Crippen molar-refractivity contribution in [3.63, 3.8) is 0 Å². The maximum absolute atomic E-state index is 13.3. The number of hydrogen-bond acceptors (Lipinski definition) is 8.